The van der Waals surface area contributed by atoms with Gasteiger partial charge in [-0.2, -0.15) is 0 Å². The van der Waals surface area contributed by atoms with Crippen molar-refractivity contribution in [1.82, 2.24) is 19.0 Å². The Morgan fingerprint density at radius 1 is 1.14 bits per heavy atom. The van der Waals surface area contributed by atoms with Crippen molar-refractivity contribution in [2.75, 3.05) is 20.1 Å². The first-order valence-electron chi connectivity index (χ1n) is 10.2. The van der Waals surface area contributed by atoms with Crippen LogP contribution in [0.4, 0.5) is 0 Å². The molecule has 1 saturated heterocycles. The van der Waals surface area contributed by atoms with Gasteiger partial charge in [0.25, 0.3) is 0 Å². The lowest BCUT2D eigenvalue weighted by molar-refractivity contribution is 0.200. The maximum Gasteiger partial charge on any atom is 0.328 e. The number of likely N-dealkylation sites (tertiary alicyclic amines) is 1. The van der Waals surface area contributed by atoms with Crippen molar-refractivity contribution in [2.45, 2.75) is 39.8 Å². The molecule has 3 aromatic rings. The number of ether oxygens (including phenoxy) is 1. The molecule has 0 saturated carbocycles. The zero-order chi connectivity index (χ0) is 20.8. The molecule has 4 rings (SSSR count). The van der Waals surface area contributed by atoms with Crippen molar-refractivity contribution in [3.8, 4) is 17.1 Å². The van der Waals surface area contributed by atoms with E-state index in [9.17, 15) is 4.79 Å². The number of rotatable bonds is 4. The number of hydrogen-bond acceptors (Lipinski definition) is 4. The number of likely N-dealkylation sites (N-methyl/N-ethyl adjacent to an activating group) is 1. The van der Waals surface area contributed by atoms with E-state index in [0.29, 0.717) is 12.4 Å². The summed E-state index contributed by atoms with van der Waals surface area (Å²) in [6.45, 7) is 9.10. The molecule has 1 aliphatic heterocycles. The van der Waals surface area contributed by atoms with Gasteiger partial charge in [-0.15, -0.1) is 0 Å². The molecule has 0 spiro atoms. The second-order valence-corrected chi connectivity index (χ2v) is 9.34. The lowest BCUT2D eigenvalue weighted by atomic mass is 9.97. The van der Waals surface area contributed by atoms with Gasteiger partial charge in [0.15, 0.2) is 0 Å². The SMILES string of the molecule is CN1CCC(Oc2cccc(-c3ccc4c(c3)n(C)c(=O)n4CC(C)(C)C)n2)C1. The van der Waals surface area contributed by atoms with E-state index in [-0.39, 0.29) is 17.2 Å². The maximum atomic E-state index is 12.8. The fraction of sp³-hybridized carbons (Fsp3) is 0.478. The van der Waals surface area contributed by atoms with Crippen molar-refractivity contribution in [3.05, 3.63) is 46.9 Å². The molecule has 0 radical (unpaired) electrons. The van der Waals surface area contributed by atoms with E-state index >= 15 is 0 Å². The third kappa shape index (κ3) is 4.08. The first kappa shape index (κ1) is 19.7. The second-order valence-electron chi connectivity index (χ2n) is 9.34. The highest BCUT2D eigenvalue weighted by molar-refractivity contribution is 5.82. The predicted molar refractivity (Wildman–Crippen MR) is 116 cm³/mol. The Hall–Kier alpha value is -2.60. The summed E-state index contributed by atoms with van der Waals surface area (Å²) in [5.41, 5.74) is 3.75. The summed E-state index contributed by atoms with van der Waals surface area (Å²) in [4.78, 5) is 19.8. The highest BCUT2D eigenvalue weighted by Crippen LogP contribution is 2.26. The fourth-order valence-corrected chi connectivity index (χ4v) is 4.00. The second kappa shape index (κ2) is 7.34. The largest absolute Gasteiger partial charge is 0.473 e. The maximum absolute atomic E-state index is 12.8. The zero-order valence-corrected chi connectivity index (χ0v) is 18.0. The minimum atomic E-state index is 0.0162. The number of benzene rings is 1. The van der Waals surface area contributed by atoms with Crippen LogP contribution >= 0.6 is 0 Å². The number of hydrogen-bond donors (Lipinski definition) is 0. The lowest BCUT2D eigenvalue weighted by Crippen LogP contribution is -2.27. The molecule has 1 atom stereocenters. The van der Waals surface area contributed by atoms with Gasteiger partial charge < -0.3 is 9.64 Å². The Labute approximate surface area is 171 Å². The van der Waals surface area contributed by atoms with Crippen molar-refractivity contribution >= 4 is 11.0 Å². The Morgan fingerprint density at radius 2 is 1.93 bits per heavy atom. The molecule has 1 aromatic carbocycles. The standard InChI is InChI=1S/C23H30N4O2/c1-23(2,3)15-27-19-10-9-16(13-20(19)26(5)22(27)28)18-7-6-8-21(24-18)29-17-11-12-25(4)14-17/h6-10,13,17H,11-12,14-15H2,1-5H3. The normalized spacial score (nSPS) is 17.9. The fourth-order valence-electron chi connectivity index (χ4n) is 4.00. The summed E-state index contributed by atoms with van der Waals surface area (Å²) in [6.07, 6.45) is 1.22. The summed E-state index contributed by atoms with van der Waals surface area (Å²) in [5.74, 6) is 0.655. The topological polar surface area (TPSA) is 52.3 Å². The molecule has 3 heterocycles. The van der Waals surface area contributed by atoms with Crippen LogP contribution in [0.5, 0.6) is 5.88 Å². The third-order valence-corrected chi connectivity index (χ3v) is 5.43. The van der Waals surface area contributed by atoms with Crippen LogP contribution in [-0.2, 0) is 13.6 Å². The van der Waals surface area contributed by atoms with Gasteiger partial charge in [-0.3, -0.25) is 9.13 Å². The molecule has 29 heavy (non-hydrogen) atoms. The summed E-state index contributed by atoms with van der Waals surface area (Å²) < 4.78 is 9.67. The van der Waals surface area contributed by atoms with Crippen LogP contribution in [0.15, 0.2) is 41.2 Å². The average molecular weight is 395 g/mol. The number of aromatic nitrogens is 3. The number of nitrogens with zero attached hydrogens (tertiary/aromatic N) is 4. The quantitative estimate of drug-likeness (QED) is 0.679. The van der Waals surface area contributed by atoms with Gasteiger partial charge in [0, 0.05) is 38.3 Å². The summed E-state index contributed by atoms with van der Waals surface area (Å²) in [6, 6.07) is 12.0. The molecule has 0 bridgehead atoms. The van der Waals surface area contributed by atoms with Crippen molar-refractivity contribution in [2.24, 2.45) is 12.5 Å². The monoisotopic (exact) mass is 394 g/mol. The van der Waals surface area contributed by atoms with Crippen LogP contribution in [-0.4, -0.2) is 45.3 Å². The predicted octanol–water partition coefficient (Wildman–Crippen LogP) is 3.53. The van der Waals surface area contributed by atoms with Gasteiger partial charge in [0.1, 0.15) is 6.10 Å². The van der Waals surface area contributed by atoms with Crippen LogP contribution in [0.3, 0.4) is 0 Å². The van der Waals surface area contributed by atoms with Gasteiger partial charge in [-0.1, -0.05) is 32.9 Å². The lowest BCUT2D eigenvalue weighted by Gasteiger charge is -2.18. The van der Waals surface area contributed by atoms with E-state index in [2.05, 4.69) is 32.7 Å². The van der Waals surface area contributed by atoms with E-state index in [1.807, 2.05) is 48.0 Å². The van der Waals surface area contributed by atoms with E-state index in [0.717, 1.165) is 41.8 Å². The Bertz CT molecular complexity index is 1090. The van der Waals surface area contributed by atoms with Gasteiger partial charge >= 0.3 is 5.69 Å². The molecule has 1 unspecified atom stereocenters. The molecular formula is C23H30N4O2. The smallest absolute Gasteiger partial charge is 0.328 e. The van der Waals surface area contributed by atoms with E-state index < -0.39 is 0 Å². The molecular weight excluding hydrogens is 364 g/mol. The molecule has 1 aliphatic rings. The van der Waals surface area contributed by atoms with Gasteiger partial charge in [-0.25, -0.2) is 9.78 Å². The number of pyridine rings is 1. The molecule has 0 N–H and O–H groups in total. The highest BCUT2D eigenvalue weighted by Gasteiger charge is 2.22. The van der Waals surface area contributed by atoms with Gasteiger partial charge in [0.05, 0.1) is 16.7 Å². The molecule has 0 amide bonds. The Kier molecular flexibility index (Phi) is 4.99. The minimum Gasteiger partial charge on any atom is -0.473 e. The third-order valence-electron chi connectivity index (χ3n) is 5.43. The van der Waals surface area contributed by atoms with Crippen molar-refractivity contribution in [1.29, 1.82) is 0 Å². The van der Waals surface area contributed by atoms with E-state index in [1.54, 1.807) is 4.57 Å². The van der Waals surface area contributed by atoms with E-state index in [1.165, 1.54) is 0 Å². The highest BCUT2D eigenvalue weighted by atomic mass is 16.5. The number of aryl methyl sites for hydroxylation is 1. The average Bonchev–Trinajstić information content (AvgIpc) is 3.17. The number of imidazole rings is 1. The zero-order valence-electron chi connectivity index (χ0n) is 18.0. The van der Waals surface area contributed by atoms with Crippen LogP contribution in [0, 0.1) is 5.41 Å². The van der Waals surface area contributed by atoms with Crippen LogP contribution in [0.1, 0.15) is 27.2 Å². The summed E-state index contributed by atoms with van der Waals surface area (Å²) >= 11 is 0. The van der Waals surface area contributed by atoms with Gasteiger partial charge in [-0.05, 0) is 37.1 Å². The Morgan fingerprint density at radius 3 is 2.62 bits per heavy atom. The Balaban J connectivity index is 1.67. The number of fused-ring (bicyclic) bond motifs is 1. The first-order valence-corrected chi connectivity index (χ1v) is 10.2. The molecule has 154 valence electrons. The van der Waals surface area contributed by atoms with Crippen molar-refractivity contribution in [3.63, 3.8) is 0 Å². The summed E-state index contributed by atoms with van der Waals surface area (Å²) in [7, 11) is 3.94. The molecule has 0 aliphatic carbocycles. The van der Waals surface area contributed by atoms with Gasteiger partial charge in [0.2, 0.25) is 5.88 Å². The molecule has 6 heteroatoms. The van der Waals surface area contributed by atoms with E-state index in [4.69, 9.17) is 9.72 Å². The van der Waals surface area contributed by atoms with Crippen LogP contribution in [0.25, 0.3) is 22.3 Å². The molecule has 2 aromatic heterocycles. The summed E-state index contributed by atoms with van der Waals surface area (Å²) in [5, 5.41) is 0. The minimum absolute atomic E-state index is 0.0162. The first-order chi connectivity index (χ1) is 13.7. The molecule has 1 fully saturated rings. The van der Waals surface area contributed by atoms with Crippen LogP contribution < -0.4 is 10.4 Å². The van der Waals surface area contributed by atoms with Crippen molar-refractivity contribution < 1.29 is 4.74 Å². The molecule has 6 nitrogen and oxygen atoms in total. The van der Waals surface area contributed by atoms with Crippen LogP contribution in [0.2, 0.25) is 0 Å².